The van der Waals surface area contributed by atoms with Crippen LogP contribution in [0.3, 0.4) is 0 Å². The molecule has 0 aromatic heterocycles. The summed E-state index contributed by atoms with van der Waals surface area (Å²) in [6.07, 6.45) is 5.53. The summed E-state index contributed by atoms with van der Waals surface area (Å²) in [7, 11) is 2.08. The van der Waals surface area contributed by atoms with Crippen LogP contribution in [0.4, 0.5) is 0 Å². The van der Waals surface area contributed by atoms with Crippen molar-refractivity contribution >= 4 is 0 Å². The summed E-state index contributed by atoms with van der Waals surface area (Å²) in [5.74, 6) is 0.922. The second kappa shape index (κ2) is 2.91. The normalized spacial score (nSPS) is 41.7. The van der Waals surface area contributed by atoms with Gasteiger partial charge in [-0.3, -0.25) is 0 Å². The summed E-state index contributed by atoms with van der Waals surface area (Å²) in [6, 6.07) is 0. The molecule has 0 amide bonds. The molecule has 0 spiro atoms. The van der Waals surface area contributed by atoms with Crippen LogP contribution in [-0.2, 0) is 0 Å². The Bertz CT molecular complexity index is 111. The molecule has 1 aliphatic rings. The molecule has 0 bridgehead atoms. The molecule has 0 aromatic rings. The van der Waals surface area contributed by atoms with Gasteiger partial charge in [0.25, 0.3) is 0 Å². The van der Waals surface area contributed by atoms with Crippen LogP contribution in [0.25, 0.3) is 0 Å². The first-order valence-electron chi connectivity index (χ1n) is 4.35. The Morgan fingerprint density at radius 2 is 2.20 bits per heavy atom. The lowest BCUT2D eigenvalue weighted by Crippen LogP contribution is -2.43. The highest BCUT2D eigenvalue weighted by Crippen LogP contribution is 2.31. The Morgan fingerprint density at radius 3 is 2.60 bits per heavy atom. The summed E-state index contributed by atoms with van der Waals surface area (Å²) >= 11 is 0. The van der Waals surface area contributed by atoms with Gasteiger partial charge in [-0.25, -0.2) is 0 Å². The van der Waals surface area contributed by atoms with Gasteiger partial charge < -0.3 is 5.32 Å². The molecule has 0 radical (unpaired) electrons. The van der Waals surface area contributed by atoms with Gasteiger partial charge in [0.2, 0.25) is 0 Å². The maximum Gasteiger partial charge on any atom is 0.0152 e. The standard InChI is InChI=1S/C9H19N/c1-8-5-4-6-9(2,7-8)10-3/h8,10H,4-7H2,1-3H3. The molecule has 1 heteroatoms. The molecule has 0 aliphatic heterocycles. The Morgan fingerprint density at radius 1 is 1.50 bits per heavy atom. The van der Waals surface area contributed by atoms with E-state index in [4.69, 9.17) is 0 Å². The van der Waals surface area contributed by atoms with E-state index in [1.807, 2.05) is 0 Å². The predicted octanol–water partition coefficient (Wildman–Crippen LogP) is 2.17. The smallest absolute Gasteiger partial charge is 0.0152 e. The Balaban J connectivity index is 2.45. The number of hydrogen-bond donors (Lipinski definition) is 1. The summed E-state index contributed by atoms with van der Waals surface area (Å²) in [5, 5.41) is 3.41. The van der Waals surface area contributed by atoms with Gasteiger partial charge in [0.15, 0.2) is 0 Å². The maximum atomic E-state index is 3.41. The van der Waals surface area contributed by atoms with Gasteiger partial charge in [-0.2, -0.15) is 0 Å². The monoisotopic (exact) mass is 141 g/mol. The van der Waals surface area contributed by atoms with Crippen LogP contribution in [0.1, 0.15) is 39.5 Å². The molecule has 1 saturated carbocycles. The Hall–Kier alpha value is -0.0400. The zero-order chi connectivity index (χ0) is 7.61. The van der Waals surface area contributed by atoms with Crippen molar-refractivity contribution < 1.29 is 0 Å². The van der Waals surface area contributed by atoms with E-state index in [1.165, 1.54) is 25.7 Å². The molecular weight excluding hydrogens is 122 g/mol. The second-order valence-corrected chi connectivity index (χ2v) is 4.01. The summed E-state index contributed by atoms with van der Waals surface area (Å²) in [5.41, 5.74) is 0.442. The number of hydrogen-bond acceptors (Lipinski definition) is 1. The van der Waals surface area contributed by atoms with Gasteiger partial charge in [0.05, 0.1) is 0 Å². The highest BCUT2D eigenvalue weighted by molar-refractivity contribution is 4.87. The average Bonchev–Trinajstić information content (AvgIpc) is 1.88. The number of rotatable bonds is 1. The fourth-order valence-electron chi connectivity index (χ4n) is 2.04. The van der Waals surface area contributed by atoms with Gasteiger partial charge in [-0.05, 0) is 32.7 Å². The molecule has 10 heavy (non-hydrogen) atoms. The fraction of sp³-hybridized carbons (Fsp3) is 1.00. The molecule has 1 nitrogen and oxygen atoms in total. The Kier molecular flexibility index (Phi) is 2.35. The molecule has 0 aromatic carbocycles. The van der Waals surface area contributed by atoms with E-state index in [2.05, 4.69) is 26.2 Å². The van der Waals surface area contributed by atoms with Crippen LogP contribution in [0.5, 0.6) is 0 Å². The van der Waals surface area contributed by atoms with Crippen LogP contribution in [0, 0.1) is 5.92 Å². The van der Waals surface area contributed by atoms with Crippen LogP contribution >= 0.6 is 0 Å². The van der Waals surface area contributed by atoms with Crippen LogP contribution in [-0.4, -0.2) is 12.6 Å². The molecule has 2 unspecified atom stereocenters. The third-order valence-corrected chi connectivity index (χ3v) is 2.83. The third-order valence-electron chi connectivity index (χ3n) is 2.83. The molecule has 0 heterocycles. The molecular formula is C9H19N. The van der Waals surface area contributed by atoms with E-state index < -0.39 is 0 Å². The first-order chi connectivity index (χ1) is 4.66. The highest BCUT2D eigenvalue weighted by Gasteiger charge is 2.27. The van der Waals surface area contributed by atoms with Gasteiger partial charge in [-0.15, -0.1) is 0 Å². The van der Waals surface area contributed by atoms with E-state index in [0.29, 0.717) is 5.54 Å². The lowest BCUT2D eigenvalue weighted by atomic mass is 9.78. The highest BCUT2D eigenvalue weighted by atomic mass is 14.9. The van der Waals surface area contributed by atoms with E-state index in [9.17, 15) is 0 Å². The van der Waals surface area contributed by atoms with Crippen molar-refractivity contribution in [2.45, 2.75) is 45.1 Å². The van der Waals surface area contributed by atoms with Crippen LogP contribution in [0.2, 0.25) is 0 Å². The van der Waals surface area contributed by atoms with Gasteiger partial charge in [-0.1, -0.05) is 19.8 Å². The van der Waals surface area contributed by atoms with Crippen molar-refractivity contribution in [2.75, 3.05) is 7.05 Å². The largest absolute Gasteiger partial charge is 0.315 e. The van der Waals surface area contributed by atoms with Crippen molar-refractivity contribution in [3.63, 3.8) is 0 Å². The van der Waals surface area contributed by atoms with Crippen molar-refractivity contribution in [3.05, 3.63) is 0 Å². The molecule has 1 N–H and O–H groups in total. The molecule has 0 saturated heterocycles. The van der Waals surface area contributed by atoms with Gasteiger partial charge in [0, 0.05) is 5.54 Å². The summed E-state index contributed by atoms with van der Waals surface area (Å²) in [4.78, 5) is 0. The van der Waals surface area contributed by atoms with E-state index in [-0.39, 0.29) is 0 Å². The quantitative estimate of drug-likeness (QED) is 0.590. The van der Waals surface area contributed by atoms with Gasteiger partial charge in [0.1, 0.15) is 0 Å². The zero-order valence-electron chi connectivity index (χ0n) is 7.41. The van der Waals surface area contributed by atoms with Crippen molar-refractivity contribution in [3.8, 4) is 0 Å². The van der Waals surface area contributed by atoms with Crippen LogP contribution in [0.15, 0.2) is 0 Å². The predicted molar refractivity (Wildman–Crippen MR) is 45.1 cm³/mol. The van der Waals surface area contributed by atoms with Gasteiger partial charge >= 0.3 is 0 Å². The topological polar surface area (TPSA) is 12.0 Å². The number of nitrogens with one attached hydrogen (secondary N) is 1. The maximum absolute atomic E-state index is 3.41. The third kappa shape index (κ3) is 1.72. The molecule has 1 aliphatic carbocycles. The summed E-state index contributed by atoms with van der Waals surface area (Å²) in [6.45, 7) is 4.69. The molecule has 60 valence electrons. The second-order valence-electron chi connectivity index (χ2n) is 4.01. The van der Waals surface area contributed by atoms with Crippen molar-refractivity contribution in [2.24, 2.45) is 5.92 Å². The van der Waals surface area contributed by atoms with Crippen molar-refractivity contribution in [1.29, 1.82) is 0 Å². The lowest BCUT2D eigenvalue weighted by Gasteiger charge is -2.36. The average molecular weight is 141 g/mol. The van der Waals surface area contributed by atoms with E-state index in [0.717, 1.165) is 5.92 Å². The zero-order valence-corrected chi connectivity index (χ0v) is 7.41. The first kappa shape index (κ1) is 8.06. The first-order valence-corrected chi connectivity index (χ1v) is 4.35. The lowest BCUT2D eigenvalue weighted by molar-refractivity contribution is 0.218. The van der Waals surface area contributed by atoms with Crippen molar-refractivity contribution in [1.82, 2.24) is 5.32 Å². The molecule has 1 rings (SSSR count). The minimum atomic E-state index is 0.442. The Labute approximate surface area is 64.2 Å². The SMILES string of the molecule is CNC1(C)CCCC(C)C1. The van der Waals surface area contributed by atoms with E-state index in [1.54, 1.807) is 0 Å². The minimum absolute atomic E-state index is 0.442. The van der Waals surface area contributed by atoms with Crippen LogP contribution < -0.4 is 5.32 Å². The minimum Gasteiger partial charge on any atom is -0.315 e. The van der Waals surface area contributed by atoms with E-state index >= 15 is 0 Å². The fourth-order valence-corrected chi connectivity index (χ4v) is 2.04. The molecule has 1 fully saturated rings. The summed E-state index contributed by atoms with van der Waals surface area (Å²) < 4.78 is 0. The molecule has 2 atom stereocenters.